The average molecular weight is 487 g/mol. The van der Waals surface area contributed by atoms with E-state index in [2.05, 4.69) is 10.1 Å². The van der Waals surface area contributed by atoms with Gasteiger partial charge in [0, 0.05) is 17.3 Å². The zero-order valence-electron chi connectivity index (χ0n) is 18.1. The summed E-state index contributed by atoms with van der Waals surface area (Å²) in [6.07, 6.45) is 0. The van der Waals surface area contributed by atoms with Crippen LogP contribution in [0.4, 0.5) is 5.69 Å². The van der Waals surface area contributed by atoms with Crippen LogP contribution < -0.4 is 5.32 Å². The molecule has 0 saturated carbocycles. The molecule has 0 aliphatic heterocycles. The van der Waals surface area contributed by atoms with Crippen molar-refractivity contribution in [3.8, 4) is 0 Å². The van der Waals surface area contributed by atoms with Gasteiger partial charge in [-0.05, 0) is 55.0 Å². The van der Waals surface area contributed by atoms with Crippen LogP contribution in [0.5, 0.6) is 0 Å². The van der Waals surface area contributed by atoms with E-state index >= 15 is 0 Å². The summed E-state index contributed by atoms with van der Waals surface area (Å²) < 4.78 is 32.4. The quantitative estimate of drug-likeness (QED) is 0.480. The van der Waals surface area contributed by atoms with Gasteiger partial charge in [0.05, 0.1) is 24.1 Å². The lowest BCUT2D eigenvalue weighted by Gasteiger charge is -2.22. The molecule has 0 aliphatic carbocycles. The highest BCUT2D eigenvalue weighted by Gasteiger charge is 2.27. The summed E-state index contributed by atoms with van der Waals surface area (Å²) in [5.74, 6) is -1.04. The van der Waals surface area contributed by atoms with Crippen molar-refractivity contribution < 1.29 is 22.7 Å². The van der Waals surface area contributed by atoms with Gasteiger partial charge in [0.15, 0.2) is 0 Å². The van der Waals surface area contributed by atoms with Gasteiger partial charge in [-0.15, -0.1) is 0 Å². The Morgan fingerprint density at radius 3 is 2.21 bits per heavy atom. The Kier molecular flexibility index (Phi) is 7.86. The number of esters is 1. The van der Waals surface area contributed by atoms with Crippen molar-refractivity contribution in [2.75, 3.05) is 19.0 Å². The third kappa shape index (κ3) is 6.19. The van der Waals surface area contributed by atoms with Crippen molar-refractivity contribution in [1.29, 1.82) is 0 Å². The van der Waals surface area contributed by atoms with E-state index in [1.807, 2.05) is 6.92 Å². The van der Waals surface area contributed by atoms with Gasteiger partial charge in [-0.25, -0.2) is 13.2 Å². The summed E-state index contributed by atoms with van der Waals surface area (Å²) in [7, 11) is -2.71. The molecule has 3 aromatic carbocycles. The van der Waals surface area contributed by atoms with E-state index in [-0.39, 0.29) is 11.4 Å². The van der Waals surface area contributed by atoms with E-state index in [4.69, 9.17) is 11.6 Å². The number of carbonyl (C=O) groups is 2. The van der Waals surface area contributed by atoms with Crippen LogP contribution in [0.2, 0.25) is 5.02 Å². The lowest BCUT2D eigenvalue weighted by atomic mass is 10.2. The second-order valence-corrected chi connectivity index (χ2v) is 9.64. The first-order chi connectivity index (χ1) is 15.7. The standard InChI is InChI=1S/C24H23ClN2O5S/c1-17-7-13-21(14-8-17)33(30,31)27(15-19-5-3-4-6-22(19)25)16-23(28)26-20-11-9-18(10-12-20)24(29)32-2/h3-14H,15-16H2,1-2H3,(H,26,28). The van der Waals surface area contributed by atoms with E-state index in [0.29, 0.717) is 21.8 Å². The van der Waals surface area contributed by atoms with E-state index in [9.17, 15) is 18.0 Å². The molecule has 0 spiro atoms. The Hall–Kier alpha value is -3.20. The molecule has 1 amide bonds. The number of methoxy groups -OCH3 is 1. The number of carbonyl (C=O) groups excluding carboxylic acids is 2. The molecule has 33 heavy (non-hydrogen) atoms. The predicted molar refractivity (Wildman–Crippen MR) is 127 cm³/mol. The van der Waals surface area contributed by atoms with E-state index in [0.717, 1.165) is 9.87 Å². The number of anilines is 1. The lowest BCUT2D eigenvalue weighted by molar-refractivity contribution is -0.116. The number of halogens is 1. The van der Waals surface area contributed by atoms with Crippen molar-refractivity contribution >= 4 is 39.2 Å². The van der Waals surface area contributed by atoms with E-state index < -0.39 is 28.4 Å². The second-order valence-electron chi connectivity index (χ2n) is 7.29. The molecule has 172 valence electrons. The lowest BCUT2D eigenvalue weighted by Crippen LogP contribution is -2.37. The van der Waals surface area contributed by atoms with Crippen LogP contribution in [0.25, 0.3) is 0 Å². The fraction of sp³-hybridized carbons (Fsp3) is 0.167. The van der Waals surface area contributed by atoms with Crippen molar-refractivity contribution in [1.82, 2.24) is 4.31 Å². The van der Waals surface area contributed by atoms with Crippen LogP contribution in [0, 0.1) is 6.92 Å². The molecule has 0 heterocycles. The van der Waals surface area contributed by atoms with Crippen LogP contribution in [-0.4, -0.2) is 38.3 Å². The highest BCUT2D eigenvalue weighted by atomic mass is 35.5. The summed E-state index contributed by atoms with van der Waals surface area (Å²) in [5, 5.41) is 3.06. The number of ether oxygens (including phenoxy) is 1. The minimum absolute atomic E-state index is 0.0788. The van der Waals surface area contributed by atoms with Crippen LogP contribution in [0.15, 0.2) is 77.7 Å². The zero-order valence-corrected chi connectivity index (χ0v) is 19.7. The molecule has 9 heteroatoms. The molecule has 1 N–H and O–H groups in total. The topological polar surface area (TPSA) is 92.8 Å². The van der Waals surface area contributed by atoms with Gasteiger partial charge in [-0.3, -0.25) is 4.79 Å². The third-order valence-electron chi connectivity index (χ3n) is 4.87. The normalized spacial score (nSPS) is 11.3. The third-order valence-corrected chi connectivity index (χ3v) is 7.05. The van der Waals surface area contributed by atoms with Crippen LogP contribution >= 0.6 is 11.6 Å². The Bertz CT molecular complexity index is 1240. The number of hydrogen-bond acceptors (Lipinski definition) is 5. The number of rotatable bonds is 8. The Morgan fingerprint density at radius 2 is 1.61 bits per heavy atom. The number of amides is 1. The van der Waals surface area contributed by atoms with Crippen molar-refractivity contribution in [3.63, 3.8) is 0 Å². The molecule has 0 radical (unpaired) electrons. The molecular formula is C24H23ClN2O5S. The van der Waals surface area contributed by atoms with Crippen molar-refractivity contribution in [3.05, 3.63) is 94.5 Å². The molecule has 0 saturated heterocycles. The SMILES string of the molecule is COC(=O)c1ccc(NC(=O)CN(Cc2ccccc2Cl)S(=O)(=O)c2ccc(C)cc2)cc1. The van der Waals surface area contributed by atoms with Crippen LogP contribution in [0.1, 0.15) is 21.5 Å². The van der Waals surface area contributed by atoms with Gasteiger partial charge >= 0.3 is 5.97 Å². The smallest absolute Gasteiger partial charge is 0.337 e. The second kappa shape index (κ2) is 10.6. The largest absolute Gasteiger partial charge is 0.465 e. The highest BCUT2D eigenvalue weighted by molar-refractivity contribution is 7.89. The van der Waals surface area contributed by atoms with Gasteiger partial charge in [-0.2, -0.15) is 4.31 Å². The molecule has 0 aromatic heterocycles. The number of benzene rings is 3. The van der Waals surface area contributed by atoms with E-state index in [1.54, 1.807) is 36.4 Å². The molecule has 3 aromatic rings. The molecule has 0 bridgehead atoms. The van der Waals surface area contributed by atoms with Crippen LogP contribution in [-0.2, 0) is 26.1 Å². The Morgan fingerprint density at radius 1 is 0.970 bits per heavy atom. The zero-order chi connectivity index (χ0) is 24.0. The number of nitrogens with one attached hydrogen (secondary N) is 1. The molecule has 3 rings (SSSR count). The average Bonchev–Trinajstić information content (AvgIpc) is 2.80. The first-order valence-electron chi connectivity index (χ1n) is 9.99. The van der Waals surface area contributed by atoms with Gasteiger partial charge in [0.2, 0.25) is 15.9 Å². The molecule has 0 aliphatic rings. The summed E-state index contributed by atoms with van der Waals surface area (Å²) in [6, 6.07) is 19.4. The molecule has 0 atom stereocenters. The Balaban J connectivity index is 1.84. The predicted octanol–water partition coefficient (Wildman–Crippen LogP) is 4.26. The van der Waals surface area contributed by atoms with Gasteiger partial charge in [0.1, 0.15) is 0 Å². The van der Waals surface area contributed by atoms with Crippen molar-refractivity contribution in [2.24, 2.45) is 0 Å². The highest BCUT2D eigenvalue weighted by Crippen LogP contribution is 2.23. The molecular weight excluding hydrogens is 464 g/mol. The van der Waals surface area contributed by atoms with Crippen LogP contribution in [0.3, 0.4) is 0 Å². The monoisotopic (exact) mass is 486 g/mol. The first kappa shape index (κ1) is 24.4. The number of hydrogen-bond donors (Lipinski definition) is 1. The molecule has 7 nitrogen and oxygen atoms in total. The first-order valence-corrected chi connectivity index (χ1v) is 11.8. The minimum Gasteiger partial charge on any atom is -0.465 e. The fourth-order valence-electron chi connectivity index (χ4n) is 3.07. The van der Waals surface area contributed by atoms with Crippen molar-refractivity contribution in [2.45, 2.75) is 18.4 Å². The summed E-state index contributed by atoms with van der Waals surface area (Å²) >= 11 is 6.24. The molecule has 0 unspecified atom stereocenters. The summed E-state index contributed by atoms with van der Waals surface area (Å²) in [4.78, 5) is 24.4. The maximum Gasteiger partial charge on any atom is 0.337 e. The summed E-state index contributed by atoms with van der Waals surface area (Å²) in [6.45, 7) is 1.35. The fourth-order valence-corrected chi connectivity index (χ4v) is 4.64. The van der Waals surface area contributed by atoms with Gasteiger partial charge < -0.3 is 10.1 Å². The summed E-state index contributed by atoms with van der Waals surface area (Å²) in [5.41, 5.74) is 2.24. The van der Waals surface area contributed by atoms with E-state index in [1.165, 1.54) is 43.5 Å². The number of nitrogens with zero attached hydrogens (tertiary/aromatic N) is 1. The number of aryl methyl sites for hydroxylation is 1. The molecule has 0 fully saturated rings. The maximum absolute atomic E-state index is 13.4. The maximum atomic E-state index is 13.4. The van der Waals surface area contributed by atoms with Gasteiger partial charge in [0.25, 0.3) is 0 Å². The van der Waals surface area contributed by atoms with Gasteiger partial charge in [-0.1, -0.05) is 47.5 Å². The Labute approximate surface area is 198 Å². The minimum atomic E-state index is -3.99. The number of sulfonamides is 1.